The maximum absolute atomic E-state index is 12.6. The number of hydrogen-bond donors (Lipinski definition) is 5. The van der Waals surface area contributed by atoms with E-state index >= 15 is 0 Å². The van der Waals surface area contributed by atoms with Crippen LogP contribution in [-0.4, -0.2) is 74.0 Å². The van der Waals surface area contributed by atoms with E-state index in [4.69, 9.17) is 10.5 Å². The lowest BCUT2D eigenvalue weighted by Gasteiger charge is -2.26. The molecule has 1 amide bonds. The van der Waals surface area contributed by atoms with Crippen LogP contribution in [0.3, 0.4) is 0 Å². The molecule has 9 heteroatoms. The molecular formula is C31H44N6O3. The van der Waals surface area contributed by atoms with Gasteiger partial charge < -0.3 is 36.4 Å². The molecule has 3 rings (SSSR count). The molecule has 1 aliphatic rings. The first kappa shape index (κ1) is 31.0. The smallest absolute Gasteiger partial charge is 0.262 e. The molecular weight excluding hydrogens is 504 g/mol. The molecule has 2 atom stereocenters. The van der Waals surface area contributed by atoms with Gasteiger partial charge in [-0.2, -0.15) is 5.26 Å². The van der Waals surface area contributed by atoms with Crippen molar-refractivity contribution >= 4 is 28.4 Å². The lowest BCUT2D eigenvalue weighted by molar-refractivity contribution is -0.116. The fourth-order valence-corrected chi connectivity index (χ4v) is 4.76. The highest BCUT2D eigenvalue weighted by molar-refractivity contribution is 6.02. The third kappa shape index (κ3) is 10.2. The molecule has 2 aromatic rings. The number of carbonyl (C=O) groups is 1. The van der Waals surface area contributed by atoms with Gasteiger partial charge in [-0.3, -0.25) is 4.79 Å². The predicted molar refractivity (Wildman–Crippen MR) is 161 cm³/mol. The Morgan fingerprint density at radius 2 is 1.93 bits per heavy atom. The highest BCUT2D eigenvalue weighted by Crippen LogP contribution is 2.22. The number of nitrogens with one attached hydrogen (secondary N) is 3. The molecule has 1 heterocycles. The molecule has 0 aliphatic carbocycles. The summed E-state index contributed by atoms with van der Waals surface area (Å²) in [4.78, 5) is 15.1. The zero-order valence-corrected chi connectivity index (χ0v) is 23.8. The number of aliphatic hydroxyl groups is 1. The summed E-state index contributed by atoms with van der Waals surface area (Å²) in [7, 11) is 0. The summed E-state index contributed by atoms with van der Waals surface area (Å²) in [5, 5.41) is 30.7. The van der Waals surface area contributed by atoms with Crippen molar-refractivity contribution < 1.29 is 14.6 Å². The summed E-state index contributed by atoms with van der Waals surface area (Å²) >= 11 is 0. The largest absolute Gasteiger partial charge is 0.399 e. The van der Waals surface area contributed by atoms with E-state index in [9.17, 15) is 15.2 Å². The molecule has 0 saturated carbocycles. The van der Waals surface area contributed by atoms with Crippen LogP contribution in [0.15, 0.2) is 53.9 Å². The van der Waals surface area contributed by atoms with Crippen LogP contribution in [0, 0.1) is 11.3 Å². The van der Waals surface area contributed by atoms with Crippen LogP contribution in [-0.2, 0) is 9.53 Å². The Hall–Kier alpha value is -3.58. The molecule has 0 radical (unpaired) electrons. The average molecular weight is 549 g/mol. The molecule has 0 bridgehead atoms. The number of hydrogen-bond acceptors (Lipinski definition) is 8. The minimum absolute atomic E-state index is 0.00621. The summed E-state index contributed by atoms with van der Waals surface area (Å²) in [6.07, 6.45) is 6.34. The summed E-state index contributed by atoms with van der Waals surface area (Å²) in [6.45, 7) is 9.73. The molecule has 0 aromatic heterocycles. The number of benzene rings is 2. The van der Waals surface area contributed by atoms with E-state index in [2.05, 4.69) is 52.9 Å². The van der Waals surface area contributed by atoms with Crippen molar-refractivity contribution in [1.82, 2.24) is 15.5 Å². The fraction of sp³-hybridized carbons (Fsp3) is 0.484. The molecule has 6 N–H and O–H groups in total. The van der Waals surface area contributed by atoms with Gasteiger partial charge in [0.15, 0.2) is 0 Å². The molecule has 2 aromatic carbocycles. The average Bonchev–Trinajstić information content (AvgIpc) is 2.95. The van der Waals surface area contributed by atoms with Gasteiger partial charge in [-0.25, -0.2) is 0 Å². The fourth-order valence-electron chi connectivity index (χ4n) is 4.76. The molecule has 0 spiro atoms. The number of ether oxygens (including phenoxy) is 1. The Bertz CT molecular complexity index is 1200. The predicted octanol–water partition coefficient (Wildman–Crippen LogP) is 3.33. The van der Waals surface area contributed by atoms with Crippen molar-refractivity contribution in [1.29, 1.82) is 5.26 Å². The number of amides is 1. The molecule has 1 aliphatic heterocycles. The van der Waals surface area contributed by atoms with E-state index in [0.29, 0.717) is 31.7 Å². The number of anilines is 1. The summed E-state index contributed by atoms with van der Waals surface area (Å²) in [5.41, 5.74) is 8.26. The summed E-state index contributed by atoms with van der Waals surface area (Å²) in [5.74, 6) is -0.488. The molecule has 9 nitrogen and oxygen atoms in total. The lowest BCUT2D eigenvalue weighted by Crippen LogP contribution is -2.36. The van der Waals surface area contributed by atoms with E-state index in [-0.39, 0.29) is 24.3 Å². The normalized spacial score (nSPS) is 18.0. The zero-order chi connectivity index (χ0) is 28.7. The number of fused-ring (bicyclic) bond motifs is 1. The lowest BCUT2D eigenvalue weighted by atomic mass is 10.0. The molecule has 1 saturated heterocycles. The number of nitrogens with two attached hydrogens (primary N) is 1. The number of aliphatic hydroxyl groups excluding tert-OH is 1. The summed E-state index contributed by atoms with van der Waals surface area (Å²) < 4.78 is 5.59. The van der Waals surface area contributed by atoms with Gasteiger partial charge in [-0.05, 0) is 73.0 Å². The van der Waals surface area contributed by atoms with Crippen molar-refractivity contribution in [3.8, 4) is 6.07 Å². The van der Waals surface area contributed by atoms with Crippen molar-refractivity contribution in [3.63, 3.8) is 0 Å². The standard InChI is InChI=1S/C31H44N6O3/c1-3-11-37(12-4-2)13-10-35-28-8-7-24-15-23(5-6-25(24)17-28)16-26(19-32)31(39)36-21-27(33)20-34-22-30-18-29(38)9-14-40-30/h5-8,15-17,20,29-30,34-35,38H,3-4,9-14,18,21-22,33H2,1-2H3,(H,36,39)/b26-16+,27-20-. The molecule has 1 fully saturated rings. The van der Waals surface area contributed by atoms with Crippen LogP contribution in [0.2, 0.25) is 0 Å². The van der Waals surface area contributed by atoms with Crippen LogP contribution in [0.5, 0.6) is 0 Å². The Labute approximate surface area is 238 Å². The first-order valence-electron chi connectivity index (χ1n) is 14.3. The Morgan fingerprint density at radius 3 is 2.65 bits per heavy atom. The topological polar surface area (TPSA) is 136 Å². The number of nitrogens with zero attached hydrogens (tertiary/aromatic N) is 2. The van der Waals surface area contributed by atoms with E-state index < -0.39 is 5.91 Å². The Kier molecular flexibility index (Phi) is 12.8. The number of nitriles is 1. The van der Waals surface area contributed by atoms with Crippen LogP contribution >= 0.6 is 0 Å². The molecule has 40 heavy (non-hydrogen) atoms. The van der Waals surface area contributed by atoms with Crippen molar-refractivity contribution in [2.75, 3.05) is 51.2 Å². The van der Waals surface area contributed by atoms with Crippen LogP contribution in [0.4, 0.5) is 5.69 Å². The third-order valence-corrected chi connectivity index (χ3v) is 6.80. The first-order valence-corrected chi connectivity index (χ1v) is 14.3. The maximum atomic E-state index is 12.6. The Balaban J connectivity index is 1.52. The minimum Gasteiger partial charge on any atom is -0.399 e. The second-order valence-corrected chi connectivity index (χ2v) is 10.2. The second kappa shape index (κ2) is 16.5. The quantitative estimate of drug-likeness (QED) is 0.169. The first-order chi connectivity index (χ1) is 19.4. The van der Waals surface area contributed by atoms with Crippen LogP contribution in [0.1, 0.15) is 45.1 Å². The van der Waals surface area contributed by atoms with Gasteiger partial charge >= 0.3 is 0 Å². The number of rotatable bonds is 15. The van der Waals surface area contributed by atoms with E-state index in [0.717, 1.165) is 61.0 Å². The van der Waals surface area contributed by atoms with Gasteiger partial charge in [-0.15, -0.1) is 0 Å². The molecule has 216 valence electrons. The van der Waals surface area contributed by atoms with Gasteiger partial charge in [-0.1, -0.05) is 32.0 Å². The van der Waals surface area contributed by atoms with Crippen LogP contribution < -0.4 is 21.7 Å². The van der Waals surface area contributed by atoms with E-state index in [1.165, 1.54) is 0 Å². The second-order valence-electron chi connectivity index (χ2n) is 10.2. The number of carbonyl (C=O) groups excluding carboxylic acids is 1. The van der Waals surface area contributed by atoms with Gasteiger partial charge in [0.05, 0.1) is 18.8 Å². The van der Waals surface area contributed by atoms with Crippen LogP contribution in [0.25, 0.3) is 16.8 Å². The van der Waals surface area contributed by atoms with Crippen molar-refractivity contribution in [3.05, 3.63) is 59.4 Å². The summed E-state index contributed by atoms with van der Waals surface area (Å²) in [6, 6.07) is 14.1. The van der Waals surface area contributed by atoms with Gasteiger partial charge in [0.25, 0.3) is 5.91 Å². The van der Waals surface area contributed by atoms with Gasteiger partial charge in [0.1, 0.15) is 11.6 Å². The zero-order valence-electron chi connectivity index (χ0n) is 23.8. The van der Waals surface area contributed by atoms with E-state index in [1.54, 1.807) is 12.3 Å². The van der Waals surface area contributed by atoms with Crippen molar-refractivity contribution in [2.45, 2.75) is 51.7 Å². The monoisotopic (exact) mass is 548 g/mol. The Morgan fingerprint density at radius 1 is 1.18 bits per heavy atom. The SMILES string of the molecule is CCCN(CCC)CCNc1ccc2cc(/C=C(\C#N)C(=O)NC/C(N)=C/NCC3CC(O)CCO3)ccc2c1. The van der Waals surface area contributed by atoms with E-state index in [1.807, 2.05) is 24.3 Å². The highest BCUT2D eigenvalue weighted by Gasteiger charge is 2.20. The molecule has 2 unspecified atom stereocenters. The van der Waals surface area contributed by atoms with Gasteiger partial charge in [0, 0.05) is 50.2 Å². The third-order valence-electron chi connectivity index (χ3n) is 6.80. The van der Waals surface area contributed by atoms with Gasteiger partial charge in [0.2, 0.25) is 0 Å². The highest BCUT2D eigenvalue weighted by atomic mass is 16.5. The van der Waals surface area contributed by atoms with Crippen molar-refractivity contribution in [2.24, 2.45) is 5.73 Å². The maximum Gasteiger partial charge on any atom is 0.262 e. The minimum atomic E-state index is -0.488.